The fraction of sp³-hybridized carbons (Fsp3) is 0.300. The summed E-state index contributed by atoms with van der Waals surface area (Å²) in [5, 5.41) is 0. The molecule has 2 rings (SSSR count). The molecular formula is C10H10BrNO2. The van der Waals surface area contributed by atoms with Crippen molar-refractivity contribution in [2.24, 2.45) is 5.73 Å². The summed E-state index contributed by atoms with van der Waals surface area (Å²) in [7, 11) is 0. The number of nitrogens with two attached hydrogens (primary N) is 1. The minimum absolute atomic E-state index is 0.415. The summed E-state index contributed by atoms with van der Waals surface area (Å²) in [6.45, 7) is 0.593. The summed E-state index contributed by atoms with van der Waals surface area (Å²) in [5.41, 5.74) is 5.28. The third-order valence-electron chi connectivity index (χ3n) is 2.49. The van der Waals surface area contributed by atoms with E-state index >= 15 is 0 Å². The number of ether oxygens (including phenoxy) is 1. The largest absolute Gasteiger partial charge is 0.367 e. The Balaban J connectivity index is 2.42. The van der Waals surface area contributed by atoms with Crippen LogP contribution in [0.2, 0.25) is 0 Å². The fourth-order valence-electron chi connectivity index (χ4n) is 1.61. The quantitative estimate of drug-likeness (QED) is 0.872. The Hall–Kier alpha value is -0.870. The van der Waals surface area contributed by atoms with Gasteiger partial charge in [0.2, 0.25) is 0 Å². The van der Waals surface area contributed by atoms with Crippen LogP contribution in [0.5, 0.6) is 0 Å². The van der Waals surface area contributed by atoms with Gasteiger partial charge in [0.15, 0.2) is 5.60 Å². The zero-order valence-electron chi connectivity index (χ0n) is 7.50. The Morgan fingerprint density at radius 1 is 1.57 bits per heavy atom. The maximum atomic E-state index is 11.3. The third kappa shape index (κ3) is 1.35. The first kappa shape index (κ1) is 9.68. The van der Waals surface area contributed by atoms with Crippen molar-refractivity contribution >= 4 is 21.8 Å². The number of carbonyl (C=O) groups excluding carboxylic acids is 1. The monoisotopic (exact) mass is 255 g/mol. The number of halogens is 1. The number of hydrogen-bond acceptors (Lipinski definition) is 2. The Morgan fingerprint density at radius 2 is 2.29 bits per heavy atom. The van der Waals surface area contributed by atoms with Crippen LogP contribution in [0.1, 0.15) is 12.0 Å². The molecule has 0 aliphatic carbocycles. The van der Waals surface area contributed by atoms with Gasteiger partial charge in [-0.05, 0) is 17.7 Å². The van der Waals surface area contributed by atoms with Gasteiger partial charge in [0.25, 0.3) is 5.91 Å². The molecular weight excluding hydrogens is 246 g/mol. The summed E-state index contributed by atoms with van der Waals surface area (Å²) in [5.74, 6) is -0.415. The Labute approximate surface area is 90.4 Å². The molecule has 1 unspecified atom stereocenters. The highest BCUT2D eigenvalue weighted by atomic mass is 79.9. The number of primary amides is 1. The van der Waals surface area contributed by atoms with Crippen LogP contribution in [0.15, 0.2) is 28.7 Å². The molecule has 0 radical (unpaired) electrons. The van der Waals surface area contributed by atoms with E-state index < -0.39 is 11.5 Å². The van der Waals surface area contributed by atoms with Gasteiger partial charge >= 0.3 is 0 Å². The molecule has 3 nitrogen and oxygen atoms in total. The predicted molar refractivity (Wildman–Crippen MR) is 55.6 cm³/mol. The highest BCUT2D eigenvalue weighted by molar-refractivity contribution is 9.10. The van der Waals surface area contributed by atoms with E-state index in [0.29, 0.717) is 13.0 Å². The van der Waals surface area contributed by atoms with Crippen LogP contribution in [0.3, 0.4) is 0 Å². The lowest BCUT2D eigenvalue weighted by Crippen LogP contribution is -2.51. The van der Waals surface area contributed by atoms with Crippen molar-refractivity contribution in [2.75, 3.05) is 6.61 Å². The molecule has 1 saturated heterocycles. The molecule has 1 amide bonds. The van der Waals surface area contributed by atoms with E-state index in [9.17, 15) is 4.79 Å². The lowest BCUT2D eigenvalue weighted by atomic mass is 9.86. The molecule has 14 heavy (non-hydrogen) atoms. The Bertz CT molecular complexity index is 374. The van der Waals surface area contributed by atoms with Gasteiger partial charge in [0.05, 0.1) is 6.61 Å². The molecule has 0 spiro atoms. The van der Waals surface area contributed by atoms with Gasteiger partial charge in [-0.2, -0.15) is 0 Å². The van der Waals surface area contributed by atoms with E-state index in [0.717, 1.165) is 10.0 Å². The van der Waals surface area contributed by atoms with E-state index in [-0.39, 0.29) is 0 Å². The molecule has 4 heteroatoms. The topological polar surface area (TPSA) is 52.3 Å². The van der Waals surface area contributed by atoms with Crippen molar-refractivity contribution < 1.29 is 9.53 Å². The van der Waals surface area contributed by atoms with Gasteiger partial charge in [-0.25, -0.2) is 0 Å². The SMILES string of the molecule is NC(=O)C1(c2cccc(Br)c2)CCO1. The second kappa shape index (κ2) is 3.37. The summed E-state index contributed by atoms with van der Waals surface area (Å²) >= 11 is 3.35. The maximum Gasteiger partial charge on any atom is 0.254 e. The first-order valence-corrected chi connectivity index (χ1v) is 5.14. The number of rotatable bonds is 2. The van der Waals surface area contributed by atoms with Crippen LogP contribution in [0.4, 0.5) is 0 Å². The van der Waals surface area contributed by atoms with Crippen molar-refractivity contribution in [2.45, 2.75) is 12.0 Å². The standard InChI is InChI=1S/C10H10BrNO2/c11-8-3-1-2-7(6-8)10(9(12)13)4-5-14-10/h1-3,6H,4-5H2,(H2,12,13). The predicted octanol–water partition coefficient (Wildman–Crippen LogP) is 1.55. The molecule has 2 N–H and O–H groups in total. The molecule has 1 aromatic rings. The van der Waals surface area contributed by atoms with Crippen molar-refractivity contribution in [3.63, 3.8) is 0 Å². The lowest BCUT2D eigenvalue weighted by Gasteiger charge is -2.39. The van der Waals surface area contributed by atoms with Crippen molar-refractivity contribution in [3.8, 4) is 0 Å². The van der Waals surface area contributed by atoms with E-state index in [1.807, 2.05) is 24.3 Å². The van der Waals surface area contributed by atoms with E-state index in [4.69, 9.17) is 10.5 Å². The van der Waals surface area contributed by atoms with Gasteiger partial charge < -0.3 is 10.5 Å². The molecule has 74 valence electrons. The van der Waals surface area contributed by atoms with Crippen molar-refractivity contribution in [1.29, 1.82) is 0 Å². The summed E-state index contributed by atoms with van der Waals surface area (Å²) in [6, 6.07) is 7.49. The number of hydrogen-bond donors (Lipinski definition) is 1. The summed E-state index contributed by atoms with van der Waals surface area (Å²) in [6.07, 6.45) is 0.665. The van der Waals surface area contributed by atoms with Crippen LogP contribution < -0.4 is 5.73 Å². The van der Waals surface area contributed by atoms with E-state index in [1.165, 1.54) is 0 Å². The number of carbonyl (C=O) groups is 1. The zero-order chi connectivity index (χ0) is 10.2. The first-order valence-electron chi connectivity index (χ1n) is 4.35. The summed E-state index contributed by atoms with van der Waals surface area (Å²) in [4.78, 5) is 11.3. The Kier molecular flexibility index (Phi) is 2.33. The average molecular weight is 256 g/mol. The van der Waals surface area contributed by atoms with Crippen molar-refractivity contribution in [1.82, 2.24) is 0 Å². The van der Waals surface area contributed by atoms with Gasteiger partial charge in [-0.1, -0.05) is 28.1 Å². The summed E-state index contributed by atoms with van der Waals surface area (Å²) < 4.78 is 6.25. The lowest BCUT2D eigenvalue weighted by molar-refractivity contribution is -0.177. The minimum Gasteiger partial charge on any atom is -0.367 e. The average Bonchev–Trinajstić information content (AvgIpc) is 2.00. The van der Waals surface area contributed by atoms with Crippen LogP contribution in [0.25, 0.3) is 0 Å². The molecule has 1 atom stereocenters. The van der Waals surface area contributed by atoms with Gasteiger partial charge in [-0.15, -0.1) is 0 Å². The van der Waals surface area contributed by atoms with E-state index in [2.05, 4.69) is 15.9 Å². The molecule has 0 aromatic heterocycles. The van der Waals surface area contributed by atoms with Gasteiger partial charge in [0.1, 0.15) is 0 Å². The molecule has 0 bridgehead atoms. The molecule has 0 saturated carbocycles. The molecule has 1 heterocycles. The first-order chi connectivity index (χ1) is 6.65. The molecule has 1 aliphatic rings. The normalized spacial score (nSPS) is 25.5. The van der Waals surface area contributed by atoms with Crippen molar-refractivity contribution in [3.05, 3.63) is 34.3 Å². The molecule has 1 fully saturated rings. The van der Waals surface area contributed by atoms with Gasteiger partial charge in [0, 0.05) is 10.9 Å². The Morgan fingerprint density at radius 3 is 2.71 bits per heavy atom. The fourth-order valence-corrected chi connectivity index (χ4v) is 2.01. The number of amides is 1. The zero-order valence-corrected chi connectivity index (χ0v) is 9.08. The third-order valence-corrected chi connectivity index (χ3v) is 2.98. The smallest absolute Gasteiger partial charge is 0.254 e. The second-order valence-corrected chi connectivity index (χ2v) is 4.22. The van der Waals surface area contributed by atoms with E-state index in [1.54, 1.807) is 0 Å². The van der Waals surface area contributed by atoms with Crippen LogP contribution >= 0.6 is 15.9 Å². The molecule has 1 aromatic carbocycles. The highest BCUT2D eigenvalue weighted by Gasteiger charge is 2.46. The van der Waals surface area contributed by atoms with Crippen LogP contribution in [0, 0.1) is 0 Å². The van der Waals surface area contributed by atoms with Crippen LogP contribution in [-0.2, 0) is 15.1 Å². The maximum absolute atomic E-state index is 11.3. The highest BCUT2D eigenvalue weighted by Crippen LogP contribution is 2.37. The molecule has 1 aliphatic heterocycles. The minimum atomic E-state index is -0.885. The van der Waals surface area contributed by atoms with Gasteiger partial charge in [-0.3, -0.25) is 4.79 Å². The van der Waals surface area contributed by atoms with Crippen LogP contribution in [-0.4, -0.2) is 12.5 Å². The number of benzene rings is 1. The second-order valence-electron chi connectivity index (χ2n) is 3.30.